The standard InChI is InChI=1S/C22H21N3O2S/c1-3-15-14-16(25-28(2,26)27)12-13-19(15)24-22-17-8-4-6-10-20(17)23-21-11-7-5-9-18(21)22/h4-14,25H,3H2,1-2H3,(H,23,24). The molecule has 0 fully saturated rings. The molecule has 0 atom stereocenters. The van der Waals surface area contributed by atoms with E-state index in [1.807, 2.05) is 55.5 Å². The maximum Gasteiger partial charge on any atom is 0.229 e. The van der Waals surface area contributed by atoms with Crippen LogP contribution in [0.1, 0.15) is 12.5 Å². The second-order valence-electron chi connectivity index (χ2n) is 6.75. The lowest BCUT2D eigenvalue weighted by atomic mass is 10.1. The molecular formula is C22H21N3O2S. The number of hydrogen-bond donors (Lipinski definition) is 2. The summed E-state index contributed by atoms with van der Waals surface area (Å²) in [5, 5.41) is 5.67. The summed E-state index contributed by atoms with van der Waals surface area (Å²) in [6.45, 7) is 2.05. The summed E-state index contributed by atoms with van der Waals surface area (Å²) < 4.78 is 25.6. The summed E-state index contributed by atoms with van der Waals surface area (Å²) in [5.74, 6) is 0. The molecule has 1 aromatic heterocycles. The van der Waals surface area contributed by atoms with Crippen LogP contribution in [-0.4, -0.2) is 19.7 Å². The van der Waals surface area contributed by atoms with Crippen LogP contribution < -0.4 is 10.0 Å². The SMILES string of the molecule is CCc1cc(NS(C)(=O)=O)ccc1Nc1c2ccccc2nc2ccccc12. The van der Waals surface area contributed by atoms with Gasteiger partial charge < -0.3 is 5.32 Å². The van der Waals surface area contributed by atoms with Crippen LogP contribution in [-0.2, 0) is 16.4 Å². The first-order valence-corrected chi connectivity index (χ1v) is 11.0. The summed E-state index contributed by atoms with van der Waals surface area (Å²) in [5.41, 5.74) is 5.39. The lowest BCUT2D eigenvalue weighted by Crippen LogP contribution is -2.10. The summed E-state index contributed by atoms with van der Waals surface area (Å²) >= 11 is 0. The highest BCUT2D eigenvalue weighted by Gasteiger charge is 2.12. The van der Waals surface area contributed by atoms with E-state index < -0.39 is 10.0 Å². The zero-order valence-corrected chi connectivity index (χ0v) is 16.5. The molecule has 0 saturated heterocycles. The highest BCUT2D eigenvalue weighted by atomic mass is 32.2. The van der Waals surface area contributed by atoms with E-state index in [4.69, 9.17) is 4.98 Å². The second kappa shape index (κ2) is 7.13. The van der Waals surface area contributed by atoms with Crippen LogP contribution in [0.3, 0.4) is 0 Å². The Bertz CT molecular complexity index is 1230. The summed E-state index contributed by atoms with van der Waals surface area (Å²) in [6.07, 6.45) is 1.92. The van der Waals surface area contributed by atoms with Crippen molar-refractivity contribution in [1.82, 2.24) is 4.98 Å². The zero-order valence-electron chi connectivity index (χ0n) is 15.7. The number of fused-ring (bicyclic) bond motifs is 2. The lowest BCUT2D eigenvalue weighted by Gasteiger charge is -2.17. The van der Waals surface area contributed by atoms with Crippen molar-refractivity contribution in [2.24, 2.45) is 0 Å². The number of nitrogens with one attached hydrogen (secondary N) is 2. The number of benzene rings is 3. The Morgan fingerprint density at radius 1 is 0.893 bits per heavy atom. The molecule has 4 rings (SSSR count). The number of anilines is 3. The first-order chi connectivity index (χ1) is 13.4. The molecule has 0 saturated carbocycles. The topological polar surface area (TPSA) is 71.1 Å². The molecule has 2 N–H and O–H groups in total. The molecule has 0 aliphatic rings. The zero-order chi connectivity index (χ0) is 19.7. The Labute approximate surface area is 164 Å². The van der Waals surface area contributed by atoms with Gasteiger partial charge in [0.2, 0.25) is 10.0 Å². The molecule has 6 heteroatoms. The van der Waals surface area contributed by atoms with Crippen LogP contribution in [0.5, 0.6) is 0 Å². The van der Waals surface area contributed by atoms with Gasteiger partial charge in [-0.3, -0.25) is 4.72 Å². The van der Waals surface area contributed by atoms with Crippen molar-refractivity contribution in [1.29, 1.82) is 0 Å². The summed E-state index contributed by atoms with van der Waals surface area (Å²) in [4.78, 5) is 4.76. The van der Waals surface area contributed by atoms with E-state index in [0.29, 0.717) is 5.69 Å². The molecule has 0 spiro atoms. The van der Waals surface area contributed by atoms with Gasteiger partial charge in [-0.1, -0.05) is 43.3 Å². The predicted molar refractivity (Wildman–Crippen MR) is 117 cm³/mol. The quantitative estimate of drug-likeness (QED) is 0.466. The molecule has 0 unspecified atom stereocenters. The van der Waals surface area contributed by atoms with E-state index in [1.54, 1.807) is 6.07 Å². The van der Waals surface area contributed by atoms with Crippen LogP contribution in [0.25, 0.3) is 21.8 Å². The van der Waals surface area contributed by atoms with Crippen LogP contribution >= 0.6 is 0 Å². The maximum atomic E-state index is 11.5. The summed E-state index contributed by atoms with van der Waals surface area (Å²) in [7, 11) is -3.31. The Hall–Kier alpha value is -3.12. The Kier molecular flexibility index (Phi) is 4.65. The second-order valence-corrected chi connectivity index (χ2v) is 8.49. The van der Waals surface area contributed by atoms with Gasteiger partial charge >= 0.3 is 0 Å². The molecule has 1 heterocycles. The number of para-hydroxylation sites is 2. The van der Waals surface area contributed by atoms with Crippen molar-refractivity contribution in [2.45, 2.75) is 13.3 Å². The lowest BCUT2D eigenvalue weighted by molar-refractivity contribution is 0.607. The van der Waals surface area contributed by atoms with E-state index in [2.05, 4.69) is 22.2 Å². The van der Waals surface area contributed by atoms with Gasteiger partial charge in [-0.2, -0.15) is 0 Å². The van der Waals surface area contributed by atoms with Gasteiger partial charge in [0.05, 0.1) is 23.0 Å². The van der Waals surface area contributed by atoms with Crippen molar-refractivity contribution < 1.29 is 8.42 Å². The average Bonchev–Trinajstić information content (AvgIpc) is 2.67. The molecular weight excluding hydrogens is 370 g/mol. The molecule has 0 bridgehead atoms. The number of sulfonamides is 1. The first kappa shape index (κ1) is 18.3. The number of rotatable bonds is 5. The van der Waals surface area contributed by atoms with E-state index in [9.17, 15) is 8.42 Å². The van der Waals surface area contributed by atoms with Crippen molar-refractivity contribution in [3.8, 4) is 0 Å². The fraction of sp³-hybridized carbons (Fsp3) is 0.136. The first-order valence-electron chi connectivity index (χ1n) is 9.10. The molecule has 0 aliphatic carbocycles. The van der Waals surface area contributed by atoms with Crippen molar-refractivity contribution in [3.05, 3.63) is 72.3 Å². The van der Waals surface area contributed by atoms with E-state index in [1.165, 1.54) is 0 Å². The van der Waals surface area contributed by atoms with Gasteiger partial charge in [0.25, 0.3) is 0 Å². The minimum atomic E-state index is -3.31. The number of aryl methyl sites for hydroxylation is 1. The molecule has 5 nitrogen and oxygen atoms in total. The minimum absolute atomic E-state index is 0.564. The van der Waals surface area contributed by atoms with Crippen LogP contribution in [0.4, 0.5) is 17.1 Å². The van der Waals surface area contributed by atoms with Gasteiger partial charge in [0, 0.05) is 22.1 Å². The Balaban J connectivity index is 1.85. The number of aromatic nitrogens is 1. The van der Waals surface area contributed by atoms with Gasteiger partial charge in [-0.15, -0.1) is 0 Å². The third kappa shape index (κ3) is 3.64. The fourth-order valence-corrected chi connectivity index (χ4v) is 3.95. The maximum absolute atomic E-state index is 11.5. The average molecular weight is 391 g/mol. The summed E-state index contributed by atoms with van der Waals surface area (Å²) in [6, 6.07) is 21.7. The third-order valence-corrected chi connectivity index (χ3v) is 5.24. The number of hydrogen-bond acceptors (Lipinski definition) is 4. The highest BCUT2D eigenvalue weighted by molar-refractivity contribution is 7.92. The number of nitrogens with zero attached hydrogens (tertiary/aromatic N) is 1. The predicted octanol–water partition coefficient (Wildman–Crippen LogP) is 5.07. The van der Waals surface area contributed by atoms with Gasteiger partial charge in [-0.25, -0.2) is 13.4 Å². The van der Waals surface area contributed by atoms with Gasteiger partial charge in [0.15, 0.2) is 0 Å². The molecule has 142 valence electrons. The van der Waals surface area contributed by atoms with E-state index in [0.717, 1.165) is 51.4 Å². The molecule has 3 aromatic carbocycles. The normalized spacial score (nSPS) is 11.6. The van der Waals surface area contributed by atoms with Gasteiger partial charge in [-0.05, 0) is 42.3 Å². The van der Waals surface area contributed by atoms with Crippen molar-refractivity contribution >= 4 is 48.9 Å². The van der Waals surface area contributed by atoms with Gasteiger partial charge in [0.1, 0.15) is 0 Å². The molecule has 0 radical (unpaired) electrons. The molecule has 4 aromatic rings. The fourth-order valence-electron chi connectivity index (χ4n) is 3.40. The van der Waals surface area contributed by atoms with E-state index >= 15 is 0 Å². The van der Waals surface area contributed by atoms with Crippen LogP contribution in [0.15, 0.2) is 66.7 Å². The van der Waals surface area contributed by atoms with E-state index in [-0.39, 0.29) is 0 Å². The minimum Gasteiger partial charge on any atom is -0.354 e. The largest absolute Gasteiger partial charge is 0.354 e. The van der Waals surface area contributed by atoms with Crippen LogP contribution in [0.2, 0.25) is 0 Å². The van der Waals surface area contributed by atoms with Crippen molar-refractivity contribution in [3.63, 3.8) is 0 Å². The molecule has 0 amide bonds. The number of pyridine rings is 1. The molecule has 28 heavy (non-hydrogen) atoms. The smallest absolute Gasteiger partial charge is 0.229 e. The van der Waals surface area contributed by atoms with Crippen molar-refractivity contribution in [2.75, 3.05) is 16.3 Å². The van der Waals surface area contributed by atoms with Crippen LogP contribution in [0, 0.1) is 0 Å². The monoisotopic (exact) mass is 391 g/mol. The Morgan fingerprint density at radius 2 is 1.50 bits per heavy atom. The Morgan fingerprint density at radius 3 is 2.07 bits per heavy atom. The molecule has 0 aliphatic heterocycles. The third-order valence-electron chi connectivity index (χ3n) is 4.64. The highest BCUT2D eigenvalue weighted by Crippen LogP contribution is 2.34.